The lowest BCUT2D eigenvalue weighted by Gasteiger charge is -2.18. The quantitative estimate of drug-likeness (QED) is 0.917. The molecule has 1 atom stereocenters. The number of ether oxygens (including phenoxy) is 2. The van der Waals surface area contributed by atoms with Gasteiger partial charge >= 0.3 is 0 Å². The second kappa shape index (κ2) is 6.59. The normalized spacial score (nSPS) is 12.0. The highest BCUT2D eigenvalue weighted by atomic mass is 35.5. The van der Waals surface area contributed by atoms with Crippen molar-refractivity contribution in [2.24, 2.45) is 5.73 Å². The molecule has 0 aliphatic carbocycles. The number of halogens is 2. The van der Waals surface area contributed by atoms with Crippen molar-refractivity contribution in [3.63, 3.8) is 0 Å². The van der Waals surface area contributed by atoms with Gasteiger partial charge in [-0.2, -0.15) is 0 Å². The Morgan fingerprint density at radius 2 is 1.80 bits per heavy atom. The molecule has 2 aromatic carbocycles. The molecule has 20 heavy (non-hydrogen) atoms. The highest BCUT2D eigenvalue weighted by molar-refractivity contribution is 6.30. The van der Waals surface area contributed by atoms with Crippen LogP contribution in [0.3, 0.4) is 0 Å². The van der Waals surface area contributed by atoms with E-state index in [-0.39, 0.29) is 17.7 Å². The summed E-state index contributed by atoms with van der Waals surface area (Å²) >= 11 is 5.63. The zero-order valence-corrected chi connectivity index (χ0v) is 11.7. The van der Waals surface area contributed by atoms with Gasteiger partial charge in [0.1, 0.15) is 23.4 Å². The van der Waals surface area contributed by atoms with E-state index in [1.165, 1.54) is 12.1 Å². The van der Waals surface area contributed by atoms with Crippen LogP contribution >= 0.6 is 11.6 Å². The molecular weight excluding hydrogens is 281 g/mol. The molecule has 0 aliphatic heterocycles. The van der Waals surface area contributed by atoms with Crippen LogP contribution in [0.25, 0.3) is 0 Å². The van der Waals surface area contributed by atoms with Crippen LogP contribution < -0.4 is 15.2 Å². The fraction of sp³-hybridized carbons (Fsp3) is 0.200. The second-order valence-electron chi connectivity index (χ2n) is 4.19. The number of benzene rings is 2. The monoisotopic (exact) mass is 295 g/mol. The maximum Gasteiger partial charge on any atom is 0.145 e. The number of rotatable bonds is 5. The zero-order valence-electron chi connectivity index (χ0n) is 11.0. The van der Waals surface area contributed by atoms with Gasteiger partial charge in [0.15, 0.2) is 0 Å². The van der Waals surface area contributed by atoms with E-state index in [4.69, 9.17) is 26.8 Å². The fourth-order valence-corrected chi connectivity index (χ4v) is 1.90. The summed E-state index contributed by atoms with van der Waals surface area (Å²) in [5.74, 6) is 0.620. The first kappa shape index (κ1) is 14.6. The van der Waals surface area contributed by atoms with Crippen molar-refractivity contribution >= 4 is 11.6 Å². The maximum absolute atomic E-state index is 13.4. The Bertz CT molecular complexity index is 575. The molecule has 0 heterocycles. The van der Waals surface area contributed by atoms with Gasteiger partial charge in [-0.15, -0.1) is 0 Å². The summed E-state index contributed by atoms with van der Waals surface area (Å²) in [6.07, 6.45) is -0.360. The van der Waals surface area contributed by atoms with Crippen molar-refractivity contribution in [1.29, 1.82) is 0 Å². The first-order valence-electron chi connectivity index (χ1n) is 6.09. The Hall–Kier alpha value is -1.78. The van der Waals surface area contributed by atoms with E-state index in [0.29, 0.717) is 5.75 Å². The third kappa shape index (κ3) is 3.40. The van der Waals surface area contributed by atoms with Gasteiger partial charge in [0, 0.05) is 12.6 Å². The van der Waals surface area contributed by atoms with E-state index in [1.54, 1.807) is 13.2 Å². The minimum absolute atomic E-state index is 0.0612. The minimum atomic E-state index is -0.519. The van der Waals surface area contributed by atoms with Crippen LogP contribution in [-0.2, 0) is 0 Å². The average molecular weight is 296 g/mol. The largest absolute Gasteiger partial charge is 0.497 e. The van der Waals surface area contributed by atoms with Gasteiger partial charge in [-0.05, 0) is 29.8 Å². The SMILES string of the molecule is COc1ccc(C(CN)Oc2ccc(Cl)c(F)c2)cc1. The second-order valence-corrected chi connectivity index (χ2v) is 4.60. The highest BCUT2D eigenvalue weighted by Crippen LogP contribution is 2.26. The molecule has 0 radical (unpaired) electrons. The maximum atomic E-state index is 13.4. The molecule has 106 valence electrons. The Kier molecular flexibility index (Phi) is 4.82. The summed E-state index contributed by atoms with van der Waals surface area (Å²) in [6.45, 7) is 0.274. The van der Waals surface area contributed by atoms with Crippen molar-refractivity contribution in [3.8, 4) is 11.5 Å². The number of hydrogen-bond donors (Lipinski definition) is 1. The summed E-state index contributed by atoms with van der Waals surface area (Å²) < 4.78 is 24.2. The number of hydrogen-bond acceptors (Lipinski definition) is 3. The van der Waals surface area contributed by atoms with E-state index in [1.807, 2.05) is 24.3 Å². The fourth-order valence-electron chi connectivity index (χ4n) is 1.79. The predicted molar refractivity (Wildman–Crippen MR) is 76.8 cm³/mol. The molecular formula is C15H15ClFNO2. The van der Waals surface area contributed by atoms with Crippen molar-refractivity contribution in [3.05, 3.63) is 58.9 Å². The summed E-state index contributed by atoms with van der Waals surface area (Å²) in [6, 6.07) is 11.7. The molecule has 0 saturated carbocycles. The molecule has 0 spiro atoms. The van der Waals surface area contributed by atoms with Gasteiger partial charge in [-0.25, -0.2) is 4.39 Å². The average Bonchev–Trinajstić information content (AvgIpc) is 2.48. The summed E-state index contributed by atoms with van der Waals surface area (Å²) in [5, 5.41) is 0.0612. The van der Waals surface area contributed by atoms with Gasteiger partial charge in [0.05, 0.1) is 12.1 Å². The lowest BCUT2D eigenvalue weighted by molar-refractivity contribution is 0.213. The highest BCUT2D eigenvalue weighted by Gasteiger charge is 2.12. The molecule has 1 unspecified atom stereocenters. The van der Waals surface area contributed by atoms with Crippen molar-refractivity contribution in [2.75, 3.05) is 13.7 Å². The molecule has 0 amide bonds. The first-order chi connectivity index (χ1) is 9.63. The van der Waals surface area contributed by atoms with Crippen LogP contribution in [0, 0.1) is 5.82 Å². The molecule has 3 nitrogen and oxygen atoms in total. The van der Waals surface area contributed by atoms with E-state index in [9.17, 15) is 4.39 Å². The predicted octanol–water partition coefficient (Wildman–Crippen LogP) is 3.57. The molecule has 0 saturated heterocycles. The molecule has 0 fully saturated rings. The van der Waals surface area contributed by atoms with Crippen LogP contribution in [0.15, 0.2) is 42.5 Å². The lowest BCUT2D eigenvalue weighted by atomic mass is 10.1. The molecule has 0 bridgehead atoms. The first-order valence-corrected chi connectivity index (χ1v) is 6.47. The van der Waals surface area contributed by atoms with Crippen LogP contribution in [0.2, 0.25) is 5.02 Å². The lowest BCUT2D eigenvalue weighted by Crippen LogP contribution is -2.18. The molecule has 0 aliphatic rings. The van der Waals surface area contributed by atoms with Crippen LogP contribution in [0.1, 0.15) is 11.7 Å². The molecule has 2 rings (SSSR count). The van der Waals surface area contributed by atoms with Gasteiger partial charge in [0.2, 0.25) is 0 Å². The van der Waals surface area contributed by atoms with E-state index >= 15 is 0 Å². The van der Waals surface area contributed by atoms with Crippen molar-refractivity contribution < 1.29 is 13.9 Å². The minimum Gasteiger partial charge on any atom is -0.497 e. The van der Waals surface area contributed by atoms with Gasteiger partial charge in [-0.3, -0.25) is 0 Å². The van der Waals surface area contributed by atoms with Gasteiger partial charge < -0.3 is 15.2 Å². The smallest absolute Gasteiger partial charge is 0.145 e. The van der Waals surface area contributed by atoms with E-state index in [0.717, 1.165) is 11.3 Å². The summed E-state index contributed by atoms with van der Waals surface area (Å²) in [4.78, 5) is 0. The summed E-state index contributed by atoms with van der Waals surface area (Å²) in [7, 11) is 1.60. The van der Waals surface area contributed by atoms with Crippen LogP contribution in [0.4, 0.5) is 4.39 Å². The Morgan fingerprint density at radius 1 is 1.15 bits per heavy atom. The van der Waals surface area contributed by atoms with Gasteiger partial charge in [-0.1, -0.05) is 23.7 Å². The standard InChI is InChI=1S/C15H15ClFNO2/c1-19-11-4-2-10(3-5-11)15(9-18)20-12-6-7-13(16)14(17)8-12/h2-8,15H,9,18H2,1H3. The third-order valence-electron chi connectivity index (χ3n) is 2.87. The molecule has 5 heteroatoms. The Balaban J connectivity index is 2.16. The number of nitrogens with two attached hydrogens (primary N) is 1. The third-order valence-corrected chi connectivity index (χ3v) is 3.18. The molecule has 0 aromatic heterocycles. The van der Waals surface area contributed by atoms with Crippen molar-refractivity contribution in [2.45, 2.75) is 6.10 Å². The van der Waals surface area contributed by atoms with Gasteiger partial charge in [0.25, 0.3) is 0 Å². The zero-order chi connectivity index (χ0) is 14.5. The van der Waals surface area contributed by atoms with Crippen LogP contribution in [-0.4, -0.2) is 13.7 Å². The Labute approximate surface area is 122 Å². The topological polar surface area (TPSA) is 44.5 Å². The van der Waals surface area contributed by atoms with E-state index < -0.39 is 5.82 Å². The van der Waals surface area contributed by atoms with E-state index in [2.05, 4.69) is 0 Å². The molecule has 2 aromatic rings. The molecule has 2 N–H and O–H groups in total. The van der Waals surface area contributed by atoms with Crippen molar-refractivity contribution in [1.82, 2.24) is 0 Å². The summed E-state index contributed by atoms with van der Waals surface area (Å²) in [5.41, 5.74) is 6.61. The van der Waals surface area contributed by atoms with Crippen LogP contribution in [0.5, 0.6) is 11.5 Å². The number of methoxy groups -OCH3 is 1. The Morgan fingerprint density at radius 3 is 2.35 bits per heavy atom.